The molecule has 4 heteroatoms. The van der Waals surface area contributed by atoms with Gasteiger partial charge in [0, 0.05) is 12.2 Å². The number of carbonyl (C=O) groups excluding carboxylic acids is 1. The van der Waals surface area contributed by atoms with E-state index in [4.69, 9.17) is 0 Å². The van der Waals surface area contributed by atoms with Crippen LogP contribution in [0.5, 0.6) is 0 Å². The van der Waals surface area contributed by atoms with E-state index in [-0.39, 0.29) is 5.91 Å². The largest absolute Gasteiger partial charge is 0.325 e. The van der Waals surface area contributed by atoms with Crippen molar-refractivity contribution < 1.29 is 4.79 Å². The van der Waals surface area contributed by atoms with Gasteiger partial charge in [-0.05, 0) is 69.9 Å². The molecule has 1 unspecified atom stereocenters. The molecule has 21 heavy (non-hydrogen) atoms. The molecule has 2 rings (SSSR count). The molecule has 1 fully saturated rings. The maximum absolute atomic E-state index is 12.2. The van der Waals surface area contributed by atoms with E-state index in [9.17, 15) is 4.79 Å². The van der Waals surface area contributed by atoms with Crippen molar-refractivity contribution in [3.05, 3.63) is 29.3 Å². The Morgan fingerprint density at radius 3 is 2.95 bits per heavy atom. The number of likely N-dealkylation sites (tertiary alicyclic amines) is 1. The molecule has 0 saturated carbocycles. The van der Waals surface area contributed by atoms with E-state index >= 15 is 0 Å². The fraction of sp³-hybridized carbons (Fsp3) is 0.588. The van der Waals surface area contributed by atoms with Crippen molar-refractivity contribution in [1.82, 2.24) is 10.2 Å². The highest BCUT2D eigenvalue weighted by atomic mass is 16.2. The van der Waals surface area contributed by atoms with E-state index in [0.29, 0.717) is 12.5 Å². The van der Waals surface area contributed by atoms with E-state index in [0.717, 1.165) is 30.9 Å². The number of hydrogen-bond acceptors (Lipinski definition) is 3. The zero-order chi connectivity index (χ0) is 15.2. The van der Waals surface area contributed by atoms with Crippen LogP contribution in [0.25, 0.3) is 0 Å². The van der Waals surface area contributed by atoms with Gasteiger partial charge >= 0.3 is 0 Å². The molecule has 116 valence electrons. The van der Waals surface area contributed by atoms with E-state index in [1.165, 1.54) is 18.4 Å². The number of nitrogens with one attached hydrogen (secondary N) is 2. The van der Waals surface area contributed by atoms with Gasteiger partial charge in [0.25, 0.3) is 0 Å². The van der Waals surface area contributed by atoms with Gasteiger partial charge in [0.1, 0.15) is 0 Å². The van der Waals surface area contributed by atoms with E-state index in [2.05, 4.69) is 27.7 Å². The molecule has 0 bridgehead atoms. The van der Waals surface area contributed by atoms with Gasteiger partial charge in [-0.1, -0.05) is 12.1 Å². The molecule has 1 saturated heterocycles. The molecule has 1 aliphatic rings. The van der Waals surface area contributed by atoms with Crippen molar-refractivity contribution in [2.75, 3.05) is 38.5 Å². The quantitative estimate of drug-likeness (QED) is 0.873. The van der Waals surface area contributed by atoms with Crippen LogP contribution in [0.2, 0.25) is 0 Å². The number of amides is 1. The van der Waals surface area contributed by atoms with Crippen LogP contribution in [0, 0.1) is 19.8 Å². The Bertz CT molecular complexity index is 485. The maximum Gasteiger partial charge on any atom is 0.238 e. The lowest BCUT2D eigenvalue weighted by atomic mass is 9.98. The Morgan fingerprint density at radius 1 is 1.38 bits per heavy atom. The fourth-order valence-electron chi connectivity index (χ4n) is 3.01. The third-order valence-electron chi connectivity index (χ3n) is 4.13. The average molecular weight is 289 g/mol. The normalized spacial score (nSPS) is 19.5. The van der Waals surface area contributed by atoms with Crippen LogP contribution in [0.1, 0.15) is 24.0 Å². The number of anilines is 1. The summed E-state index contributed by atoms with van der Waals surface area (Å²) in [6.07, 6.45) is 2.44. The van der Waals surface area contributed by atoms with Gasteiger partial charge < -0.3 is 10.6 Å². The number of rotatable bonds is 5. The molecular formula is C17H27N3O. The van der Waals surface area contributed by atoms with Gasteiger partial charge in [-0.2, -0.15) is 0 Å². The highest BCUT2D eigenvalue weighted by Gasteiger charge is 2.21. The van der Waals surface area contributed by atoms with Crippen molar-refractivity contribution in [2.45, 2.75) is 26.7 Å². The second-order valence-electron chi connectivity index (χ2n) is 6.17. The van der Waals surface area contributed by atoms with E-state index < -0.39 is 0 Å². The van der Waals surface area contributed by atoms with Crippen molar-refractivity contribution in [3.63, 3.8) is 0 Å². The molecule has 0 spiro atoms. The van der Waals surface area contributed by atoms with E-state index in [1.807, 2.05) is 27.0 Å². The van der Waals surface area contributed by atoms with Gasteiger partial charge in [-0.25, -0.2) is 0 Å². The van der Waals surface area contributed by atoms with Crippen molar-refractivity contribution in [2.24, 2.45) is 5.92 Å². The second-order valence-corrected chi connectivity index (χ2v) is 6.17. The lowest BCUT2D eigenvalue weighted by Gasteiger charge is -2.32. The van der Waals surface area contributed by atoms with Crippen LogP contribution >= 0.6 is 0 Å². The first-order valence-corrected chi connectivity index (χ1v) is 7.82. The molecule has 1 aromatic rings. The van der Waals surface area contributed by atoms with Crippen LogP contribution in [0.4, 0.5) is 5.69 Å². The molecule has 1 atom stereocenters. The predicted molar refractivity (Wildman–Crippen MR) is 87.6 cm³/mol. The Balaban J connectivity index is 1.88. The lowest BCUT2D eigenvalue weighted by Crippen LogP contribution is -2.42. The molecule has 4 nitrogen and oxygen atoms in total. The fourth-order valence-corrected chi connectivity index (χ4v) is 3.01. The maximum atomic E-state index is 12.2. The Labute approximate surface area is 127 Å². The minimum absolute atomic E-state index is 0.0915. The smallest absolute Gasteiger partial charge is 0.238 e. The van der Waals surface area contributed by atoms with Crippen LogP contribution in [-0.4, -0.2) is 44.0 Å². The summed E-state index contributed by atoms with van der Waals surface area (Å²) in [6, 6.07) is 6.15. The second kappa shape index (κ2) is 7.57. The van der Waals surface area contributed by atoms with E-state index in [1.54, 1.807) is 0 Å². The van der Waals surface area contributed by atoms with Crippen molar-refractivity contribution >= 4 is 11.6 Å². The predicted octanol–water partition coefficient (Wildman–Crippen LogP) is 2.17. The van der Waals surface area contributed by atoms with Crippen LogP contribution in [0.3, 0.4) is 0 Å². The molecule has 1 aromatic carbocycles. The zero-order valence-corrected chi connectivity index (χ0v) is 13.4. The molecule has 1 amide bonds. The summed E-state index contributed by atoms with van der Waals surface area (Å²) in [5, 5.41) is 6.29. The number of hydrogen-bond donors (Lipinski definition) is 2. The minimum atomic E-state index is 0.0915. The highest BCUT2D eigenvalue weighted by Crippen LogP contribution is 2.18. The summed E-state index contributed by atoms with van der Waals surface area (Å²) < 4.78 is 0. The van der Waals surface area contributed by atoms with Crippen LogP contribution < -0.4 is 10.6 Å². The number of aryl methyl sites for hydroxylation is 2. The Hall–Kier alpha value is -1.39. The highest BCUT2D eigenvalue weighted by molar-refractivity contribution is 5.93. The topological polar surface area (TPSA) is 44.4 Å². The van der Waals surface area contributed by atoms with Gasteiger partial charge in [0.05, 0.1) is 6.54 Å². The molecule has 1 aliphatic heterocycles. The Kier molecular flexibility index (Phi) is 5.76. The van der Waals surface area contributed by atoms with Crippen molar-refractivity contribution in [1.29, 1.82) is 0 Å². The molecule has 0 radical (unpaired) electrons. The Morgan fingerprint density at radius 2 is 2.19 bits per heavy atom. The summed E-state index contributed by atoms with van der Waals surface area (Å²) >= 11 is 0. The third-order valence-corrected chi connectivity index (χ3v) is 4.13. The molecule has 2 N–H and O–H groups in total. The summed E-state index contributed by atoms with van der Waals surface area (Å²) in [5.74, 6) is 0.756. The standard InChI is InChI=1S/C17H27N3O/c1-13-6-7-14(2)16(9-13)19-17(21)12-20-8-4-5-15(11-20)10-18-3/h6-7,9,15,18H,4-5,8,10-12H2,1-3H3,(H,19,21). The first kappa shape index (κ1) is 16.0. The zero-order valence-electron chi connectivity index (χ0n) is 13.4. The SMILES string of the molecule is CNCC1CCCN(CC(=O)Nc2cc(C)ccc2C)C1. The summed E-state index contributed by atoms with van der Waals surface area (Å²) in [4.78, 5) is 14.5. The van der Waals surface area contributed by atoms with Gasteiger partial charge in [0.15, 0.2) is 0 Å². The first-order chi connectivity index (χ1) is 10.1. The van der Waals surface area contributed by atoms with Gasteiger partial charge in [-0.3, -0.25) is 9.69 Å². The number of benzene rings is 1. The third kappa shape index (κ3) is 4.83. The van der Waals surface area contributed by atoms with Gasteiger partial charge in [-0.15, -0.1) is 0 Å². The summed E-state index contributed by atoms with van der Waals surface area (Å²) in [6.45, 7) is 7.64. The lowest BCUT2D eigenvalue weighted by molar-refractivity contribution is -0.117. The summed E-state index contributed by atoms with van der Waals surface area (Å²) in [7, 11) is 1.99. The number of piperidine rings is 1. The number of nitrogens with zero attached hydrogens (tertiary/aromatic N) is 1. The monoisotopic (exact) mass is 289 g/mol. The summed E-state index contributed by atoms with van der Waals surface area (Å²) in [5.41, 5.74) is 3.22. The van der Waals surface area contributed by atoms with Crippen LogP contribution in [-0.2, 0) is 4.79 Å². The number of carbonyl (C=O) groups is 1. The molecular weight excluding hydrogens is 262 g/mol. The minimum Gasteiger partial charge on any atom is -0.325 e. The molecule has 1 heterocycles. The van der Waals surface area contributed by atoms with Crippen LogP contribution in [0.15, 0.2) is 18.2 Å². The van der Waals surface area contributed by atoms with Crippen molar-refractivity contribution in [3.8, 4) is 0 Å². The van der Waals surface area contributed by atoms with Gasteiger partial charge in [0.2, 0.25) is 5.91 Å². The first-order valence-electron chi connectivity index (χ1n) is 7.82. The molecule has 0 aromatic heterocycles. The molecule has 0 aliphatic carbocycles. The average Bonchev–Trinajstić information content (AvgIpc) is 2.43.